The summed E-state index contributed by atoms with van der Waals surface area (Å²) in [4.78, 5) is 14.6. The highest BCUT2D eigenvalue weighted by Crippen LogP contribution is 2.24. The molecule has 0 aliphatic heterocycles. The third kappa shape index (κ3) is 5.04. The maximum atomic E-state index is 10.7. The van der Waals surface area contributed by atoms with Gasteiger partial charge in [-0.25, -0.2) is 0 Å². The standard InChI is InChI=1S/C13H16N2O2.C2H6/c1-4-6-12(14-5-2)11-7-8-13(15(16)17)10(3)9-11;1-2/h5-9H,4H2,1-3H3;1-2H3/b12-6-,14-5?;. The minimum absolute atomic E-state index is 0.144. The van der Waals surface area contributed by atoms with Crippen molar-refractivity contribution >= 4 is 17.6 Å². The summed E-state index contributed by atoms with van der Waals surface area (Å²) in [5.41, 5.74) is 2.56. The molecule has 0 saturated heterocycles. The van der Waals surface area contributed by atoms with E-state index >= 15 is 0 Å². The Morgan fingerprint density at radius 3 is 2.47 bits per heavy atom. The van der Waals surface area contributed by atoms with Gasteiger partial charge >= 0.3 is 0 Å². The molecule has 104 valence electrons. The zero-order valence-electron chi connectivity index (χ0n) is 12.3. The molecule has 1 aromatic rings. The summed E-state index contributed by atoms with van der Waals surface area (Å²) in [6.07, 6.45) is 4.60. The van der Waals surface area contributed by atoms with Crippen LogP contribution in [0.2, 0.25) is 0 Å². The zero-order valence-corrected chi connectivity index (χ0v) is 12.3. The van der Waals surface area contributed by atoms with Crippen molar-refractivity contribution < 1.29 is 4.92 Å². The van der Waals surface area contributed by atoms with E-state index in [1.54, 1.807) is 25.3 Å². The Morgan fingerprint density at radius 1 is 1.42 bits per heavy atom. The molecule has 0 radical (unpaired) electrons. The average molecular weight is 262 g/mol. The van der Waals surface area contributed by atoms with Gasteiger partial charge in [0.1, 0.15) is 0 Å². The van der Waals surface area contributed by atoms with Crippen LogP contribution in [0, 0.1) is 17.0 Å². The van der Waals surface area contributed by atoms with Crippen LogP contribution in [0.3, 0.4) is 0 Å². The second-order valence-electron chi connectivity index (χ2n) is 3.64. The summed E-state index contributed by atoms with van der Waals surface area (Å²) in [7, 11) is 0. The van der Waals surface area contributed by atoms with Gasteiger partial charge in [-0.1, -0.05) is 26.8 Å². The second kappa shape index (κ2) is 9.03. The van der Waals surface area contributed by atoms with E-state index in [-0.39, 0.29) is 10.6 Å². The Labute approximate surface area is 115 Å². The van der Waals surface area contributed by atoms with E-state index in [0.717, 1.165) is 17.7 Å². The summed E-state index contributed by atoms with van der Waals surface area (Å²) in [6, 6.07) is 5.06. The Morgan fingerprint density at radius 2 is 2.05 bits per heavy atom. The first-order valence-electron chi connectivity index (χ1n) is 6.54. The molecule has 19 heavy (non-hydrogen) atoms. The molecule has 0 unspecified atom stereocenters. The normalized spacial score (nSPS) is 11.1. The molecule has 0 amide bonds. The molecule has 0 bridgehead atoms. The topological polar surface area (TPSA) is 55.5 Å². The first-order valence-corrected chi connectivity index (χ1v) is 6.54. The highest BCUT2D eigenvalue weighted by atomic mass is 16.6. The van der Waals surface area contributed by atoms with Gasteiger partial charge in [0.25, 0.3) is 5.69 Å². The smallest absolute Gasteiger partial charge is 0.261 e. The molecule has 1 aromatic carbocycles. The van der Waals surface area contributed by atoms with Gasteiger partial charge in [-0.2, -0.15) is 0 Å². The lowest BCUT2D eigenvalue weighted by Gasteiger charge is -2.04. The number of hydrogen-bond acceptors (Lipinski definition) is 3. The molecule has 0 atom stereocenters. The highest BCUT2D eigenvalue weighted by molar-refractivity contribution is 5.73. The molecule has 1 rings (SSSR count). The van der Waals surface area contributed by atoms with E-state index in [1.807, 2.05) is 33.8 Å². The fourth-order valence-electron chi connectivity index (χ4n) is 1.60. The Bertz CT molecular complexity index is 477. The van der Waals surface area contributed by atoms with Crippen molar-refractivity contribution in [3.05, 3.63) is 45.5 Å². The predicted molar refractivity (Wildman–Crippen MR) is 81.6 cm³/mol. The van der Waals surface area contributed by atoms with Crippen molar-refractivity contribution in [2.24, 2.45) is 4.99 Å². The van der Waals surface area contributed by atoms with E-state index in [2.05, 4.69) is 4.99 Å². The van der Waals surface area contributed by atoms with Crippen LogP contribution < -0.4 is 0 Å². The van der Waals surface area contributed by atoms with Crippen molar-refractivity contribution in [3.63, 3.8) is 0 Å². The zero-order chi connectivity index (χ0) is 14.8. The van der Waals surface area contributed by atoms with Gasteiger partial charge < -0.3 is 0 Å². The molecule has 0 N–H and O–H groups in total. The quantitative estimate of drug-likeness (QED) is 0.446. The van der Waals surface area contributed by atoms with Crippen LogP contribution in [0.5, 0.6) is 0 Å². The molecule has 0 spiro atoms. The Kier molecular flexibility index (Phi) is 8.09. The fourth-order valence-corrected chi connectivity index (χ4v) is 1.60. The van der Waals surface area contributed by atoms with Crippen molar-refractivity contribution in [1.82, 2.24) is 0 Å². The average Bonchev–Trinajstić information content (AvgIpc) is 2.40. The number of allylic oxidation sites excluding steroid dienone is 1. The molecule has 0 aliphatic rings. The molecule has 4 nitrogen and oxygen atoms in total. The van der Waals surface area contributed by atoms with Crippen LogP contribution in [0.4, 0.5) is 5.69 Å². The van der Waals surface area contributed by atoms with Gasteiger partial charge in [-0.05, 0) is 32.4 Å². The molecule has 4 heteroatoms. The molecule has 0 aromatic heterocycles. The number of nitrogens with zero attached hydrogens (tertiary/aromatic N) is 2. The van der Waals surface area contributed by atoms with Crippen molar-refractivity contribution in [2.75, 3.05) is 0 Å². The van der Waals surface area contributed by atoms with Crippen LogP contribution in [0.1, 0.15) is 45.2 Å². The maximum absolute atomic E-state index is 10.7. The van der Waals surface area contributed by atoms with Crippen LogP contribution >= 0.6 is 0 Å². The molecule has 0 heterocycles. The molecular weight excluding hydrogens is 240 g/mol. The number of nitro benzene ring substituents is 1. The second-order valence-corrected chi connectivity index (χ2v) is 3.64. The first kappa shape index (κ1) is 17.0. The summed E-state index contributed by atoms with van der Waals surface area (Å²) in [5, 5.41) is 10.7. The Balaban J connectivity index is 0.00000154. The van der Waals surface area contributed by atoms with Crippen LogP contribution in [0.25, 0.3) is 5.70 Å². The minimum Gasteiger partial charge on any atom is -0.261 e. The number of hydrogen-bond donors (Lipinski definition) is 0. The van der Waals surface area contributed by atoms with E-state index < -0.39 is 0 Å². The number of aryl methyl sites for hydroxylation is 1. The van der Waals surface area contributed by atoms with Gasteiger partial charge in [0.05, 0.1) is 10.6 Å². The number of nitro groups is 1. The van der Waals surface area contributed by atoms with Gasteiger partial charge in [0, 0.05) is 23.4 Å². The van der Waals surface area contributed by atoms with Crippen molar-refractivity contribution in [2.45, 2.75) is 41.0 Å². The first-order chi connectivity index (χ1) is 9.10. The summed E-state index contributed by atoms with van der Waals surface area (Å²) in [5.74, 6) is 0. The van der Waals surface area contributed by atoms with Gasteiger partial charge in [-0.15, -0.1) is 0 Å². The SMILES string of the molecule is CC.CC=N/C(=C\CC)c1ccc([N+](=O)[O-])c(C)c1. The van der Waals surface area contributed by atoms with E-state index in [9.17, 15) is 10.1 Å². The van der Waals surface area contributed by atoms with Crippen LogP contribution in [0.15, 0.2) is 29.3 Å². The molecule has 0 saturated carbocycles. The van der Waals surface area contributed by atoms with Crippen molar-refractivity contribution in [1.29, 1.82) is 0 Å². The molecular formula is C15H22N2O2. The lowest BCUT2D eigenvalue weighted by molar-refractivity contribution is -0.385. The summed E-state index contributed by atoms with van der Waals surface area (Å²) >= 11 is 0. The highest BCUT2D eigenvalue weighted by Gasteiger charge is 2.11. The van der Waals surface area contributed by atoms with E-state index in [1.165, 1.54) is 6.07 Å². The lowest BCUT2D eigenvalue weighted by Crippen LogP contribution is -1.93. The van der Waals surface area contributed by atoms with E-state index in [0.29, 0.717) is 5.56 Å². The number of benzene rings is 1. The molecule has 0 fully saturated rings. The van der Waals surface area contributed by atoms with E-state index in [4.69, 9.17) is 0 Å². The van der Waals surface area contributed by atoms with Crippen LogP contribution in [-0.2, 0) is 0 Å². The number of aliphatic imine (C=N–C) groups is 1. The van der Waals surface area contributed by atoms with Crippen molar-refractivity contribution in [3.8, 4) is 0 Å². The monoisotopic (exact) mass is 262 g/mol. The largest absolute Gasteiger partial charge is 0.272 e. The third-order valence-corrected chi connectivity index (χ3v) is 2.35. The van der Waals surface area contributed by atoms with Crippen LogP contribution in [-0.4, -0.2) is 11.1 Å². The number of rotatable bonds is 4. The summed E-state index contributed by atoms with van der Waals surface area (Å²) < 4.78 is 0. The maximum Gasteiger partial charge on any atom is 0.272 e. The Hall–Kier alpha value is -1.97. The fraction of sp³-hybridized carbons (Fsp3) is 0.400. The minimum atomic E-state index is -0.370. The predicted octanol–water partition coefficient (Wildman–Crippen LogP) is 4.77. The summed E-state index contributed by atoms with van der Waals surface area (Å²) in [6.45, 7) is 9.62. The molecule has 0 aliphatic carbocycles. The van der Waals surface area contributed by atoms with Gasteiger partial charge in [-0.3, -0.25) is 15.1 Å². The van der Waals surface area contributed by atoms with Gasteiger partial charge in [0.15, 0.2) is 0 Å². The van der Waals surface area contributed by atoms with Gasteiger partial charge in [0.2, 0.25) is 0 Å². The third-order valence-electron chi connectivity index (χ3n) is 2.35. The lowest BCUT2D eigenvalue weighted by atomic mass is 10.1.